The number of nitrogens with two attached hydrogens (primary N) is 1. The van der Waals surface area contributed by atoms with Crippen LogP contribution < -0.4 is 5.73 Å². The molecule has 0 unspecified atom stereocenters. The Balaban J connectivity index is 2.48. The lowest BCUT2D eigenvalue weighted by Crippen LogP contribution is -2.05. The summed E-state index contributed by atoms with van der Waals surface area (Å²) < 4.78 is 2.55. The number of aryl methyl sites for hydroxylation is 1. The average Bonchev–Trinajstić information content (AvgIpc) is 2.64. The molecule has 0 aliphatic carbocycles. The Morgan fingerprint density at radius 2 is 2.27 bits per heavy atom. The van der Waals surface area contributed by atoms with Crippen LogP contribution in [0.15, 0.2) is 22.9 Å². The summed E-state index contributed by atoms with van der Waals surface area (Å²) in [5, 5.41) is 4.13. The van der Waals surface area contributed by atoms with Gasteiger partial charge in [-0.3, -0.25) is 0 Å². The van der Waals surface area contributed by atoms with E-state index in [9.17, 15) is 0 Å². The molecular formula is C9H10BrN5. The zero-order valence-corrected chi connectivity index (χ0v) is 9.77. The molecule has 5 nitrogen and oxygen atoms in total. The van der Waals surface area contributed by atoms with Gasteiger partial charge in [-0.25, -0.2) is 14.6 Å². The molecule has 0 bridgehead atoms. The maximum absolute atomic E-state index is 5.68. The van der Waals surface area contributed by atoms with Crippen LogP contribution in [0.2, 0.25) is 0 Å². The van der Waals surface area contributed by atoms with Crippen LogP contribution in [0, 0.1) is 0 Å². The third-order valence-electron chi connectivity index (χ3n) is 1.88. The van der Waals surface area contributed by atoms with Gasteiger partial charge in [-0.15, -0.1) is 0 Å². The predicted octanol–water partition coefficient (Wildman–Crippen LogP) is 1.57. The van der Waals surface area contributed by atoms with Crippen molar-refractivity contribution in [3.05, 3.63) is 28.8 Å². The Hall–Kier alpha value is -1.43. The quantitative estimate of drug-likeness (QED) is 0.897. The number of halogens is 1. The topological polar surface area (TPSA) is 69.6 Å². The van der Waals surface area contributed by atoms with Crippen molar-refractivity contribution >= 4 is 21.7 Å². The first kappa shape index (κ1) is 10.1. The molecule has 0 radical (unpaired) electrons. The van der Waals surface area contributed by atoms with E-state index in [0.717, 1.165) is 16.7 Å². The van der Waals surface area contributed by atoms with E-state index in [1.165, 1.54) is 0 Å². The summed E-state index contributed by atoms with van der Waals surface area (Å²) in [6, 6.07) is 1.69. The molecule has 0 spiro atoms. The Morgan fingerprint density at radius 1 is 1.47 bits per heavy atom. The van der Waals surface area contributed by atoms with Crippen molar-refractivity contribution < 1.29 is 0 Å². The fourth-order valence-electron chi connectivity index (χ4n) is 1.20. The molecule has 0 fully saturated rings. The second-order valence-corrected chi connectivity index (χ2v) is 3.94. The van der Waals surface area contributed by atoms with E-state index < -0.39 is 0 Å². The minimum atomic E-state index is 0.462. The van der Waals surface area contributed by atoms with Gasteiger partial charge in [-0.2, -0.15) is 5.10 Å². The summed E-state index contributed by atoms with van der Waals surface area (Å²) in [7, 11) is 0. The fraction of sp³-hybridized carbons (Fsp3) is 0.222. The second kappa shape index (κ2) is 3.98. The van der Waals surface area contributed by atoms with Crippen LogP contribution in [0.25, 0.3) is 5.82 Å². The maximum atomic E-state index is 5.68. The van der Waals surface area contributed by atoms with Gasteiger partial charge in [0.1, 0.15) is 11.6 Å². The average molecular weight is 268 g/mol. The van der Waals surface area contributed by atoms with Crippen LogP contribution in [0.4, 0.5) is 5.82 Å². The van der Waals surface area contributed by atoms with Gasteiger partial charge < -0.3 is 5.73 Å². The van der Waals surface area contributed by atoms with Gasteiger partial charge in [0.15, 0.2) is 5.82 Å². The Kier molecular flexibility index (Phi) is 2.68. The van der Waals surface area contributed by atoms with Crippen molar-refractivity contribution in [3.63, 3.8) is 0 Å². The SMILES string of the molecule is CCc1nc(N)cc(-n2cc(Br)cn2)n1. The summed E-state index contributed by atoms with van der Waals surface area (Å²) in [5.41, 5.74) is 5.68. The van der Waals surface area contributed by atoms with E-state index >= 15 is 0 Å². The maximum Gasteiger partial charge on any atom is 0.159 e. The number of nitrogens with zero attached hydrogens (tertiary/aromatic N) is 4. The van der Waals surface area contributed by atoms with E-state index in [-0.39, 0.29) is 0 Å². The summed E-state index contributed by atoms with van der Waals surface area (Å²) >= 11 is 3.33. The van der Waals surface area contributed by atoms with Gasteiger partial charge in [0, 0.05) is 18.7 Å². The molecule has 2 N–H and O–H groups in total. The minimum absolute atomic E-state index is 0.462. The van der Waals surface area contributed by atoms with Gasteiger partial charge >= 0.3 is 0 Å². The summed E-state index contributed by atoms with van der Waals surface area (Å²) in [5.74, 6) is 1.87. The minimum Gasteiger partial charge on any atom is -0.384 e. The standard InChI is InChI=1S/C9H10BrN5/c1-2-8-13-7(11)3-9(14-8)15-5-6(10)4-12-15/h3-5H,2H2,1H3,(H2,11,13,14). The number of hydrogen-bond donors (Lipinski definition) is 1. The molecule has 0 atom stereocenters. The first-order valence-electron chi connectivity index (χ1n) is 4.53. The van der Waals surface area contributed by atoms with Gasteiger partial charge in [-0.1, -0.05) is 6.92 Å². The van der Waals surface area contributed by atoms with Crippen molar-refractivity contribution in [2.75, 3.05) is 5.73 Å². The van der Waals surface area contributed by atoms with Crippen molar-refractivity contribution in [1.29, 1.82) is 0 Å². The molecule has 0 saturated heterocycles. The smallest absolute Gasteiger partial charge is 0.159 e. The van der Waals surface area contributed by atoms with Crippen LogP contribution in [0.3, 0.4) is 0 Å². The Labute approximate surface area is 95.5 Å². The van der Waals surface area contributed by atoms with Gasteiger partial charge in [0.2, 0.25) is 0 Å². The largest absolute Gasteiger partial charge is 0.384 e. The summed E-state index contributed by atoms with van der Waals surface area (Å²) in [6.07, 6.45) is 4.27. The Bertz CT molecular complexity index is 479. The number of hydrogen-bond acceptors (Lipinski definition) is 4. The highest BCUT2D eigenvalue weighted by Crippen LogP contribution is 2.12. The molecule has 2 heterocycles. The molecular weight excluding hydrogens is 258 g/mol. The van der Waals surface area contributed by atoms with E-state index in [1.807, 2.05) is 13.1 Å². The van der Waals surface area contributed by atoms with Crippen molar-refractivity contribution in [1.82, 2.24) is 19.7 Å². The predicted molar refractivity (Wildman–Crippen MR) is 60.6 cm³/mol. The molecule has 2 aromatic heterocycles. The number of nitrogen functional groups attached to an aromatic ring is 1. The highest BCUT2D eigenvalue weighted by molar-refractivity contribution is 9.10. The number of aromatic nitrogens is 4. The lowest BCUT2D eigenvalue weighted by molar-refractivity contribution is 0.815. The highest BCUT2D eigenvalue weighted by Gasteiger charge is 2.04. The normalized spacial score (nSPS) is 10.5. The first-order valence-corrected chi connectivity index (χ1v) is 5.32. The Morgan fingerprint density at radius 3 is 2.87 bits per heavy atom. The fourth-order valence-corrected chi connectivity index (χ4v) is 1.49. The molecule has 78 valence electrons. The van der Waals surface area contributed by atoms with E-state index in [0.29, 0.717) is 11.6 Å². The van der Waals surface area contributed by atoms with Gasteiger partial charge in [0.25, 0.3) is 0 Å². The van der Waals surface area contributed by atoms with Gasteiger partial charge in [0.05, 0.1) is 10.7 Å². The molecule has 0 aromatic carbocycles. The highest BCUT2D eigenvalue weighted by atomic mass is 79.9. The van der Waals surface area contributed by atoms with E-state index in [4.69, 9.17) is 5.73 Å². The molecule has 2 aromatic rings. The van der Waals surface area contributed by atoms with E-state index in [1.54, 1.807) is 16.9 Å². The molecule has 2 rings (SSSR count). The molecule has 0 amide bonds. The van der Waals surface area contributed by atoms with Crippen LogP contribution in [-0.2, 0) is 6.42 Å². The zero-order valence-electron chi connectivity index (χ0n) is 8.18. The van der Waals surface area contributed by atoms with Crippen LogP contribution >= 0.6 is 15.9 Å². The lowest BCUT2D eigenvalue weighted by atomic mass is 10.4. The van der Waals surface area contributed by atoms with Gasteiger partial charge in [-0.05, 0) is 15.9 Å². The van der Waals surface area contributed by atoms with Crippen molar-refractivity contribution in [2.24, 2.45) is 0 Å². The molecule has 6 heteroatoms. The molecule has 0 aliphatic heterocycles. The molecule has 0 aliphatic rings. The summed E-state index contributed by atoms with van der Waals surface area (Å²) in [4.78, 5) is 8.42. The van der Waals surface area contributed by atoms with Crippen LogP contribution in [-0.4, -0.2) is 19.7 Å². The number of anilines is 1. The van der Waals surface area contributed by atoms with Crippen LogP contribution in [0.1, 0.15) is 12.7 Å². The third kappa shape index (κ3) is 2.15. The van der Waals surface area contributed by atoms with Crippen molar-refractivity contribution in [2.45, 2.75) is 13.3 Å². The van der Waals surface area contributed by atoms with Crippen molar-refractivity contribution in [3.8, 4) is 5.82 Å². The first-order chi connectivity index (χ1) is 7.19. The monoisotopic (exact) mass is 267 g/mol. The number of rotatable bonds is 2. The second-order valence-electron chi connectivity index (χ2n) is 3.02. The molecule has 0 saturated carbocycles. The lowest BCUT2D eigenvalue weighted by Gasteiger charge is -2.03. The molecule has 15 heavy (non-hydrogen) atoms. The van der Waals surface area contributed by atoms with Crippen LogP contribution in [0.5, 0.6) is 0 Å². The van der Waals surface area contributed by atoms with E-state index in [2.05, 4.69) is 31.0 Å². The summed E-state index contributed by atoms with van der Waals surface area (Å²) in [6.45, 7) is 1.98. The third-order valence-corrected chi connectivity index (χ3v) is 2.29. The zero-order chi connectivity index (χ0) is 10.8.